The first kappa shape index (κ1) is 32.5. The predicted octanol–water partition coefficient (Wildman–Crippen LogP) is 4.98. The molecular weight excluding hydrogens is 394 g/mol. The molecule has 0 aliphatic rings. The van der Waals surface area contributed by atoms with E-state index in [1.54, 1.807) is 20.8 Å². The van der Waals surface area contributed by atoms with Crippen LogP contribution in [0.1, 0.15) is 118 Å². The van der Waals surface area contributed by atoms with Crippen LogP contribution in [0.15, 0.2) is 0 Å². The van der Waals surface area contributed by atoms with Gasteiger partial charge in [0.05, 0.1) is 18.3 Å². The average Bonchev–Trinajstić information content (AvgIpc) is 2.64. The minimum atomic E-state index is -0.655. The van der Waals surface area contributed by atoms with Crippen molar-refractivity contribution in [2.75, 3.05) is 19.6 Å². The maximum atomic E-state index is 10.3. The molecule has 0 spiro atoms. The quantitative estimate of drug-likeness (QED) is 0.196. The van der Waals surface area contributed by atoms with Gasteiger partial charge in [0.1, 0.15) is 0 Å². The summed E-state index contributed by atoms with van der Waals surface area (Å²) in [5.41, 5.74) is 0. The van der Waals surface area contributed by atoms with Crippen LogP contribution in [0.3, 0.4) is 0 Å². The van der Waals surface area contributed by atoms with E-state index in [1.165, 1.54) is 70.6 Å². The van der Waals surface area contributed by atoms with Gasteiger partial charge in [0.2, 0.25) is 0 Å². The van der Waals surface area contributed by atoms with Crippen molar-refractivity contribution in [1.29, 1.82) is 0 Å². The average molecular weight is 448 g/mol. The molecule has 6 heteroatoms. The van der Waals surface area contributed by atoms with Crippen LogP contribution in [0, 0.1) is 0 Å². The van der Waals surface area contributed by atoms with Crippen LogP contribution in [0.4, 0.5) is 0 Å². The Kier molecular flexibility index (Phi) is 25.1. The van der Waals surface area contributed by atoms with Gasteiger partial charge in [-0.15, -0.1) is 0 Å². The number of hydrogen-bond acceptors (Lipinski definition) is 5. The van der Waals surface area contributed by atoms with Crippen molar-refractivity contribution in [2.24, 2.45) is 0 Å². The van der Waals surface area contributed by atoms with E-state index in [0.29, 0.717) is 26.1 Å². The Morgan fingerprint density at radius 3 is 1.16 bits per heavy atom. The normalized spacial score (nSPS) is 14.1. The summed E-state index contributed by atoms with van der Waals surface area (Å²) in [4.78, 5) is 12.1. The van der Waals surface area contributed by atoms with Crippen LogP contribution in [0.5, 0.6) is 0 Å². The fourth-order valence-electron chi connectivity index (χ4n) is 3.64. The summed E-state index contributed by atoms with van der Waals surface area (Å²) in [6.07, 6.45) is 16.0. The van der Waals surface area contributed by atoms with E-state index >= 15 is 0 Å². The molecule has 0 rings (SSSR count). The number of hydrogen-bond donors (Lipinski definition) is 4. The summed E-state index contributed by atoms with van der Waals surface area (Å²) in [5.74, 6) is -0.655. The second kappa shape index (κ2) is 24.0. The molecule has 0 aromatic rings. The third kappa shape index (κ3) is 31.6. The molecule has 4 N–H and O–H groups in total. The molecule has 0 amide bonds. The van der Waals surface area contributed by atoms with Gasteiger partial charge in [-0.25, -0.2) is 0 Å². The fraction of sp³-hybridized carbons (Fsp3) is 0.960. The lowest BCUT2D eigenvalue weighted by atomic mass is 10.0. The topological polar surface area (TPSA) is 101 Å². The molecule has 0 heterocycles. The minimum Gasteiger partial charge on any atom is -0.481 e. The monoisotopic (exact) mass is 447 g/mol. The molecule has 6 nitrogen and oxygen atoms in total. The summed E-state index contributed by atoms with van der Waals surface area (Å²) >= 11 is 0. The Labute approximate surface area is 192 Å². The van der Waals surface area contributed by atoms with Crippen LogP contribution < -0.4 is 0 Å². The minimum absolute atomic E-state index is 0.345. The fourth-order valence-corrected chi connectivity index (χ4v) is 3.64. The summed E-state index contributed by atoms with van der Waals surface area (Å²) in [6, 6.07) is 0. The zero-order valence-corrected chi connectivity index (χ0v) is 20.9. The number of carbonyl (C=O) groups is 1. The van der Waals surface area contributed by atoms with Crippen molar-refractivity contribution >= 4 is 5.97 Å². The number of unbranched alkanes of at least 4 members (excludes halogenated alkanes) is 12. The molecule has 0 aromatic heterocycles. The van der Waals surface area contributed by atoms with Crippen LogP contribution in [0.25, 0.3) is 0 Å². The van der Waals surface area contributed by atoms with Crippen LogP contribution in [0.2, 0.25) is 0 Å². The number of carboxylic acid groups (broad SMARTS) is 1. The third-order valence-corrected chi connectivity index (χ3v) is 5.06. The summed E-state index contributed by atoms with van der Waals surface area (Å²) in [6.45, 7) is 8.78. The molecule has 3 unspecified atom stereocenters. The standard InChI is InChI=1S/C16H32O2.C9H21NO3/c1-2-3-4-5-6-7-8-9-10-11-12-13-14-15-16(17)18;1-7(11)4-10(5-8(2)12)6-9(3)13/h2-15H2,1H3,(H,17,18);7-9,11-13H,4-6H2,1-3H3. The zero-order valence-electron chi connectivity index (χ0n) is 20.9. The van der Waals surface area contributed by atoms with E-state index in [1.807, 2.05) is 4.90 Å². The van der Waals surface area contributed by atoms with E-state index in [9.17, 15) is 4.79 Å². The molecular formula is C25H53NO5. The van der Waals surface area contributed by atoms with E-state index in [0.717, 1.165) is 12.8 Å². The molecule has 0 aromatic carbocycles. The first-order valence-electron chi connectivity index (χ1n) is 12.7. The van der Waals surface area contributed by atoms with Gasteiger partial charge in [0.25, 0.3) is 0 Å². The van der Waals surface area contributed by atoms with Gasteiger partial charge in [-0.05, 0) is 27.2 Å². The molecule has 3 atom stereocenters. The Morgan fingerprint density at radius 2 is 0.903 bits per heavy atom. The number of aliphatic carboxylic acids is 1. The predicted molar refractivity (Wildman–Crippen MR) is 129 cm³/mol. The second-order valence-electron chi connectivity index (χ2n) is 9.15. The van der Waals surface area contributed by atoms with Crippen molar-refractivity contribution in [2.45, 2.75) is 136 Å². The van der Waals surface area contributed by atoms with Crippen molar-refractivity contribution in [3.63, 3.8) is 0 Å². The molecule has 31 heavy (non-hydrogen) atoms. The lowest BCUT2D eigenvalue weighted by Crippen LogP contribution is -2.40. The van der Waals surface area contributed by atoms with Gasteiger partial charge in [-0.2, -0.15) is 0 Å². The van der Waals surface area contributed by atoms with E-state index in [-0.39, 0.29) is 0 Å². The smallest absolute Gasteiger partial charge is 0.303 e. The molecule has 0 bridgehead atoms. The van der Waals surface area contributed by atoms with Gasteiger partial charge in [0.15, 0.2) is 0 Å². The van der Waals surface area contributed by atoms with Gasteiger partial charge in [0, 0.05) is 26.1 Å². The maximum Gasteiger partial charge on any atom is 0.303 e. The number of carboxylic acids is 1. The van der Waals surface area contributed by atoms with Gasteiger partial charge in [-0.3, -0.25) is 9.69 Å². The molecule has 0 radical (unpaired) electrons. The van der Waals surface area contributed by atoms with Crippen molar-refractivity contribution in [3.05, 3.63) is 0 Å². The highest BCUT2D eigenvalue weighted by Crippen LogP contribution is 2.12. The second-order valence-corrected chi connectivity index (χ2v) is 9.15. The van der Waals surface area contributed by atoms with Gasteiger partial charge in [-0.1, -0.05) is 84.0 Å². The molecule has 0 saturated heterocycles. The largest absolute Gasteiger partial charge is 0.481 e. The highest BCUT2D eigenvalue weighted by molar-refractivity contribution is 5.66. The Morgan fingerprint density at radius 1 is 0.613 bits per heavy atom. The highest BCUT2D eigenvalue weighted by Gasteiger charge is 2.12. The maximum absolute atomic E-state index is 10.3. The van der Waals surface area contributed by atoms with E-state index in [2.05, 4.69) is 6.92 Å². The summed E-state index contributed by atoms with van der Waals surface area (Å²) in [5, 5.41) is 35.9. The third-order valence-electron chi connectivity index (χ3n) is 5.06. The lowest BCUT2D eigenvalue weighted by Gasteiger charge is -2.25. The van der Waals surface area contributed by atoms with E-state index in [4.69, 9.17) is 20.4 Å². The molecule has 0 fully saturated rings. The number of aliphatic hydroxyl groups excluding tert-OH is 3. The van der Waals surface area contributed by atoms with Crippen molar-refractivity contribution < 1.29 is 25.2 Å². The molecule has 0 aliphatic heterocycles. The van der Waals surface area contributed by atoms with Crippen LogP contribution in [-0.2, 0) is 4.79 Å². The Hall–Kier alpha value is -0.690. The van der Waals surface area contributed by atoms with Crippen LogP contribution in [-0.4, -0.2) is 69.2 Å². The number of rotatable bonds is 20. The number of nitrogens with zero attached hydrogens (tertiary/aromatic N) is 1. The van der Waals surface area contributed by atoms with Crippen molar-refractivity contribution in [1.82, 2.24) is 4.90 Å². The zero-order chi connectivity index (χ0) is 23.9. The first-order chi connectivity index (χ1) is 14.7. The van der Waals surface area contributed by atoms with E-state index < -0.39 is 24.3 Å². The summed E-state index contributed by atoms with van der Waals surface area (Å²) < 4.78 is 0. The number of aliphatic hydroxyl groups is 3. The first-order valence-corrected chi connectivity index (χ1v) is 12.7. The Balaban J connectivity index is 0. The SMILES string of the molecule is CC(O)CN(CC(C)O)CC(C)O.CCCCCCCCCCCCCCCC(=O)O. The van der Waals surface area contributed by atoms with Gasteiger partial charge < -0.3 is 20.4 Å². The molecule has 188 valence electrons. The lowest BCUT2D eigenvalue weighted by molar-refractivity contribution is -0.137. The van der Waals surface area contributed by atoms with Gasteiger partial charge >= 0.3 is 5.97 Å². The Bertz CT molecular complexity index is 351. The molecule has 0 aliphatic carbocycles. The highest BCUT2D eigenvalue weighted by atomic mass is 16.4. The van der Waals surface area contributed by atoms with Crippen LogP contribution >= 0.6 is 0 Å². The summed E-state index contributed by atoms with van der Waals surface area (Å²) in [7, 11) is 0. The molecule has 0 saturated carbocycles. The van der Waals surface area contributed by atoms with Crippen molar-refractivity contribution in [3.8, 4) is 0 Å².